The number of nitrogens with one attached hydrogen (secondary N) is 1. The molecule has 0 aromatic carbocycles. The fourth-order valence-electron chi connectivity index (χ4n) is 1.88. The average Bonchev–Trinajstić information content (AvgIpc) is 2.35. The molecule has 9 heavy (non-hydrogen) atoms. The highest BCUT2D eigenvalue weighted by atomic mass is 15.2. The van der Waals surface area contributed by atoms with Gasteiger partial charge in [-0.25, -0.2) is 0 Å². The number of hydrogen-bond donors (Lipinski definition) is 1. The summed E-state index contributed by atoms with van der Waals surface area (Å²) in [5.41, 5.74) is 0. The second-order valence-corrected chi connectivity index (χ2v) is 3.01. The van der Waals surface area contributed by atoms with Crippen LogP contribution in [0.15, 0.2) is 0 Å². The second-order valence-electron chi connectivity index (χ2n) is 3.01. The molecular weight excluding hydrogens is 111 g/mol. The molecule has 2 aliphatic heterocycles. The smallest absolute Gasteiger partial charge is 0.182 e. The lowest BCUT2D eigenvalue weighted by Gasteiger charge is -2.16. The molecule has 0 aliphatic carbocycles. The van der Waals surface area contributed by atoms with Crippen LogP contribution in [0.25, 0.3) is 0 Å². The van der Waals surface area contributed by atoms with Gasteiger partial charge >= 0.3 is 0 Å². The minimum absolute atomic E-state index is 0.644. The molecule has 2 heterocycles. The zero-order valence-corrected chi connectivity index (χ0v) is 5.51. The van der Waals surface area contributed by atoms with E-state index < -0.39 is 0 Å². The Morgan fingerprint density at radius 3 is 3.11 bits per heavy atom. The third-order valence-corrected chi connectivity index (χ3v) is 2.49. The quantitative estimate of drug-likeness (QED) is 0.430. The van der Waals surface area contributed by atoms with Gasteiger partial charge in [0.25, 0.3) is 0 Å². The Morgan fingerprint density at radius 1 is 1.44 bits per heavy atom. The number of rotatable bonds is 0. The van der Waals surface area contributed by atoms with Crippen molar-refractivity contribution in [2.24, 2.45) is 5.92 Å². The van der Waals surface area contributed by atoms with Crippen LogP contribution in [0.5, 0.6) is 0 Å². The summed E-state index contributed by atoms with van der Waals surface area (Å²) < 4.78 is 0. The third kappa shape index (κ3) is 0.794. The van der Waals surface area contributed by atoms with Crippen LogP contribution in [0.3, 0.4) is 0 Å². The lowest BCUT2D eigenvalue weighted by atomic mass is 10.0. The summed E-state index contributed by atoms with van der Waals surface area (Å²) in [6, 6.07) is 0.644. The summed E-state index contributed by atoms with van der Waals surface area (Å²) in [6.45, 7) is 3.37. The summed E-state index contributed by atoms with van der Waals surface area (Å²) in [4.78, 5) is 1.98. The molecule has 1 N–H and O–H groups in total. The maximum Gasteiger partial charge on any atom is 0.182 e. The van der Waals surface area contributed by atoms with Crippen LogP contribution in [0.4, 0.5) is 0 Å². The van der Waals surface area contributed by atoms with Gasteiger partial charge in [-0.15, -0.1) is 0 Å². The SMILES string of the molecule is [B]N1CC[C@@H]2CNC[C@@H]21. The Hall–Kier alpha value is -0.0151. The van der Waals surface area contributed by atoms with Crippen molar-refractivity contribution >= 4 is 7.98 Å². The van der Waals surface area contributed by atoms with Gasteiger partial charge in [0.15, 0.2) is 7.98 Å². The van der Waals surface area contributed by atoms with Gasteiger partial charge in [-0.1, -0.05) is 0 Å². The van der Waals surface area contributed by atoms with E-state index in [-0.39, 0.29) is 0 Å². The Balaban J connectivity index is 2.07. The van der Waals surface area contributed by atoms with E-state index in [0.717, 1.165) is 19.0 Å². The van der Waals surface area contributed by atoms with E-state index in [1.165, 1.54) is 13.0 Å². The maximum absolute atomic E-state index is 5.71. The van der Waals surface area contributed by atoms with E-state index in [9.17, 15) is 0 Å². The predicted octanol–water partition coefficient (Wildman–Crippen LogP) is -0.636. The third-order valence-electron chi connectivity index (χ3n) is 2.49. The highest BCUT2D eigenvalue weighted by molar-refractivity contribution is 6.04. The Bertz CT molecular complexity index is 118. The molecule has 48 valence electrons. The normalized spacial score (nSPS) is 43.6. The van der Waals surface area contributed by atoms with E-state index in [1.54, 1.807) is 0 Å². The van der Waals surface area contributed by atoms with Crippen molar-refractivity contribution in [1.82, 2.24) is 10.1 Å². The second kappa shape index (κ2) is 1.99. The summed E-state index contributed by atoms with van der Waals surface area (Å²) >= 11 is 0. The molecule has 2 saturated heterocycles. The van der Waals surface area contributed by atoms with Crippen molar-refractivity contribution < 1.29 is 0 Å². The molecule has 0 aromatic heterocycles. The Kier molecular flexibility index (Phi) is 1.27. The van der Waals surface area contributed by atoms with Gasteiger partial charge in [0.2, 0.25) is 0 Å². The molecule has 0 bridgehead atoms. The molecule has 0 amide bonds. The molecule has 0 saturated carbocycles. The first kappa shape index (κ1) is 5.75. The molecular formula is C6H11BN2. The number of hydrogen-bond acceptors (Lipinski definition) is 2. The first-order valence-corrected chi connectivity index (χ1v) is 3.60. The van der Waals surface area contributed by atoms with Crippen molar-refractivity contribution in [2.75, 3.05) is 19.6 Å². The van der Waals surface area contributed by atoms with Crippen molar-refractivity contribution in [3.63, 3.8) is 0 Å². The van der Waals surface area contributed by atoms with E-state index in [2.05, 4.69) is 5.32 Å². The van der Waals surface area contributed by atoms with Crippen LogP contribution in [-0.4, -0.2) is 38.5 Å². The summed E-state index contributed by atoms with van der Waals surface area (Å²) in [7, 11) is 5.71. The van der Waals surface area contributed by atoms with Gasteiger partial charge in [-0.2, -0.15) is 0 Å². The molecule has 2 nitrogen and oxygen atoms in total. The lowest BCUT2D eigenvalue weighted by Crippen LogP contribution is -2.31. The topological polar surface area (TPSA) is 15.3 Å². The van der Waals surface area contributed by atoms with Crippen LogP contribution in [0.1, 0.15) is 6.42 Å². The molecule has 0 spiro atoms. The zero-order valence-electron chi connectivity index (χ0n) is 5.51. The highest BCUT2D eigenvalue weighted by Crippen LogP contribution is 2.24. The number of fused-ring (bicyclic) bond motifs is 1. The molecule has 2 aliphatic rings. The van der Waals surface area contributed by atoms with Crippen molar-refractivity contribution in [3.05, 3.63) is 0 Å². The summed E-state index contributed by atoms with van der Waals surface area (Å²) in [5.74, 6) is 0.843. The predicted molar refractivity (Wildman–Crippen MR) is 37.2 cm³/mol. The Labute approximate surface area is 57.0 Å². The largest absolute Gasteiger partial charge is 0.350 e. The maximum atomic E-state index is 5.71. The van der Waals surface area contributed by atoms with Gasteiger partial charge in [0.1, 0.15) is 0 Å². The van der Waals surface area contributed by atoms with Crippen LogP contribution in [0, 0.1) is 5.92 Å². The van der Waals surface area contributed by atoms with Gasteiger partial charge in [-0.05, 0) is 25.4 Å². The van der Waals surface area contributed by atoms with Gasteiger partial charge in [-0.3, -0.25) is 0 Å². The summed E-state index contributed by atoms with van der Waals surface area (Å²) in [5, 5.41) is 3.33. The molecule has 2 rings (SSSR count). The number of nitrogens with zero attached hydrogens (tertiary/aromatic N) is 1. The van der Waals surface area contributed by atoms with Gasteiger partial charge < -0.3 is 10.1 Å². The fraction of sp³-hybridized carbons (Fsp3) is 1.00. The van der Waals surface area contributed by atoms with E-state index in [0.29, 0.717) is 6.04 Å². The van der Waals surface area contributed by atoms with Crippen molar-refractivity contribution in [3.8, 4) is 0 Å². The first-order chi connectivity index (χ1) is 4.38. The van der Waals surface area contributed by atoms with Crippen LogP contribution in [0.2, 0.25) is 0 Å². The molecule has 2 fully saturated rings. The zero-order chi connectivity index (χ0) is 6.27. The van der Waals surface area contributed by atoms with Crippen molar-refractivity contribution in [2.45, 2.75) is 12.5 Å². The van der Waals surface area contributed by atoms with E-state index >= 15 is 0 Å². The molecule has 0 aromatic rings. The first-order valence-electron chi connectivity index (χ1n) is 3.60. The van der Waals surface area contributed by atoms with Gasteiger partial charge in [0, 0.05) is 12.6 Å². The van der Waals surface area contributed by atoms with E-state index in [1.807, 2.05) is 4.81 Å². The summed E-state index contributed by atoms with van der Waals surface area (Å²) in [6.07, 6.45) is 1.29. The van der Waals surface area contributed by atoms with E-state index in [4.69, 9.17) is 7.98 Å². The minimum atomic E-state index is 0.644. The average molecular weight is 122 g/mol. The van der Waals surface area contributed by atoms with Crippen LogP contribution < -0.4 is 5.32 Å². The van der Waals surface area contributed by atoms with Crippen LogP contribution >= 0.6 is 0 Å². The lowest BCUT2D eigenvalue weighted by molar-refractivity contribution is 0.413. The molecule has 3 heteroatoms. The molecule has 2 radical (unpaired) electrons. The Morgan fingerprint density at radius 2 is 2.33 bits per heavy atom. The van der Waals surface area contributed by atoms with Crippen molar-refractivity contribution in [1.29, 1.82) is 0 Å². The molecule has 2 atom stereocenters. The monoisotopic (exact) mass is 122 g/mol. The minimum Gasteiger partial charge on any atom is -0.350 e. The molecule has 0 unspecified atom stereocenters. The highest BCUT2D eigenvalue weighted by Gasteiger charge is 2.34. The van der Waals surface area contributed by atoms with Crippen LogP contribution in [-0.2, 0) is 0 Å². The standard InChI is InChI=1S/C6H11BN2/c7-9-2-1-5-3-8-4-6(5)9/h5-6,8H,1-4H2/t5-,6+/m1/s1. The van der Waals surface area contributed by atoms with Gasteiger partial charge in [0.05, 0.1) is 0 Å². The fourth-order valence-corrected chi connectivity index (χ4v) is 1.88.